The van der Waals surface area contributed by atoms with Crippen LogP contribution in [0, 0.1) is 5.41 Å². The summed E-state index contributed by atoms with van der Waals surface area (Å²) in [5.74, 6) is 0. The molecule has 0 aromatic heterocycles. The molecule has 0 aromatic rings. The van der Waals surface area contributed by atoms with Crippen molar-refractivity contribution in [1.29, 1.82) is 0 Å². The molecule has 0 N–H and O–H groups in total. The van der Waals surface area contributed by atoms with E-state index in [2.05, 4.69) is 11.8 Å². The highest BCUT2D eigenvalue weighted by Gasteiger charge is 2.38. The van der Waals surface area contributed by atoms with Gasteiger partial charge < -0.3 is 4.90 Å². The molecule has 0 spiro atoms. The van der Waals surface area contributed by atoms with E-state index in [1.54, 1.807) is 5.54 Å². The van der Waals surface area contributed by atoms with Gasteiger partial charge in [-0.15, -0.1) is 0 Å². The lowest BCUT2D eigenvalue weighted by Gasteiger charge is -2.48. The third-order valence-electron chi connectivity index (χ3n) is 3.72. The maximum Gasteiger partial charge on any atom is 0.00318 e. The molecule has 0 atom stereocenters. The summed E-state index contributed by atoms with van der Waals surface area (Å²) < 4.78 is 0. The maximum atomic E-state index is 5.73. The molecule has 3 fully saturated rings. The molecule has 2 heteroatoms. The van der Waals surface area contributed by atoms with Gasteiger partial charge in [-0.25, -0.2) is 0 Å². The zero-order valence-electron chi connectivity index (χ0n) is 8.35. The molecule has 13 heavy (non-hydrogen) atoms. The lowest BCUT2D eigenvalue weighted by atomic mass is 9.69. The smallest absolute Gasteiger partial charge is 0.00318 e. The van der Waals surface area contributed by atoms with E-state index >= 15 is 0 Å². The summed E-state index contributed by atoms with van der Waals surface area (Å²) in [6.07, 6.45) is 5.38. The zero-order valence-corrected chi connectivity index (χ0v) is 9.11. The van der Waals surface area contributed by atoms with E-state index in [0.29, 0.717) is 5.41 Å². The predicted octanol–water partition coefficient (Wildman–Crippen LogP) is 3.01. The summed E-state index contributed by atoms with van der Waals surface area (Å²) in [4.78, 5) is 2.58. The predicted molar refractivity (Wildman–Crippen MR) is 57.0 cm³/mol. The van der Waals surface area contributed by atoms with E-state index in [-0.39, 0.29) is 0 Å². The topological polar surface area (TPSA) is 3.24 Å². The highest BCUT2D eigenvalue weighted by Crippen LogP contribution is 2.44. The number of nitrogens with zero attached hydrogens (tertiary/aromatic N) is 1. The Morgan fingerprint density at radius 2 is 1.85 bits per heavy atom. The highest BCUT2D eigenvalue weighted by atomic mass is 35.5. The highest BCUT2D eigenvalue weighted by molar-refractivity contribution is 6.25. The second-order valence-electron chi connectivity index (χ2n) is 4.72. The van der Waals surface area contributed by atoms with Crippen LogP contribution in [0.2, 0.25) is 0 Å². The number of allylic oxidation sites excluding steroid dienone is 1. The van der Waals surface area contributed by atoms with Gasteiger partial charge in [0.15, 0.2) is 0 Å². The van der Waals surface area contributed by atoms with Crippen LogP contribution in [0.3, 0.4) is 0 Å². The van der Waals surface area contributed by atoms with Crippen LogP contribution in [0.15, 0.2) is 11.1 Å². The van der Waals surface area contributed by atoms with E-state index in [0.717, 1.165) is 0 Å². The van der Waals surface area contributed by atoms with Gasteiger partial charge in [-0.2, -0.15) is 0 Å². The van der Waals surface area contributed by atoms with Gasteiger partial charge in [-0.05, 0) is 57.7 Å². The number of hydrogen-bond acceptors (Lipinski definition) is 1. The Kier molecular flexibility index (Phi) is 2.66. The fourth-order valence-electron chi connectivity index (χ4n) is 2.79. The Morgan fingerprint density at radius 1 is 1.31 bits per heavy atom. The van der Waals surface area contributed by atoms with E-state index in [1.165, 1.54) is 50.9 Å². The van der Waals surface area contributed by atoms with Crippen LogP contribution in [0.1, 0.15) is 32.6 Å². The van der Waals surface area contributed by atoms with Gasteiger partial charge in [0.1, 0.15) is 0 Å². The second kappa shape index (κ2) is 3.62. The molecule has 3 saturated heterocycles. The first-order valence-electron chi connectivity index (χ1n) is 5.22. The Balaban J connectivity index is 2.02. The normalized spacial score (nSPS) is 39.5. The molecule has 2 bridgehead atoms. The van der Waals surface area contributed by atoms with E-state index in [9.17, 15) is 0 Å². The van der Waals surface area contributed by atoms with Gasteiger partial charge in [0, 0.05) is 5.54 Å². The summed E-state index contributed by atoms with van der Waals surface area (Å²) in [5, 5.41) is 0. The van der Waals surface area contributed by atoms with Gasteiger partial charge in [-0.1, -0.05) is 17.2 Å². The fourth-order valence-corrected chi connectivity index (χ4v) is 2.87. The van der Waals surface area contributed by atoms with Crippen LogP contribution in [-0.2, 0) is 0 Å². The van der Waals surface area contributed by atoms with Crippen LogP contribution in [0.4, 0.5) is 0 Å². The van der Waals surface area contributed by atoms with Crippen LogP contribution in [0.5, 0.6) is 0 Å². The summed E-state index contributed by atoms with van der Waals surface area (Å²) in [5.41, 5.74) is 3.73. The second-order valence-corrected chi connectivity index (χ2v) is 4.94. The standard InChI is InChI=1S/C11H18ClN/c1-10(9-12)8-11-2-5-13(6-3-11)7-4-11/h9H,2-8H2,1H3. The molecular formula is C11H18ClN. The number of rotatable bonds is 2. The van der Waals surface area contributed by atoms with Crippen molar-refractivity contribution in [3.63, 3.8) is 0 Å². The molecule has 3 aliphatic rings. The lowest BCUT2D eigenvalue weighted by Crippen LogP contribution is -2.48. The first-order chi connectivity index (χ1) is 6.24. The lowest BCUT2D eigenvalue weighted by molar-refractivity contribution is 0.0267. The summed E-state index contributed by atoms with van der Waals surface area (Å²) >= 11 is 5.73. The van der Waals surface area contributed by atoms with Crippen LogP contribution < -0.4 is 0 Å². The van der Waals surface area contributed by atoms with Crippen molar-refractivity contribution >= 4 is 11.6 Å². The van der Waals surface area contributed by atoms with Crippen molar-refractivity contribution in [2.75, 3.05) is 19.6 Å². The third kappa shape index (κ3) is 1.92. The van der Waals surface area contributed by atoms with Crippen LogP contribution in [0.25, 0.3) is 0 Å². The SMILES string of the molecule is CC(=CCl)CC12CCN(CC1)CC2. The van der Waals surface area contributed by atoms with Crippen molar-refractivity contribution in [1.82, 2.24) is 4.90 Å². The summed E-state index contributed by atoms with van der Waals surface area (Å²) in [6.45, 7) is 6.10. The number of fused-ring (bicyclic) bond motifs is 3. The van der Waals surface area contributed by atoms with Crippen molar-refractivity contribution in [3.8, 4) is 0 Å². The third-order valence-corrected chi connectivity index (χ3v) is 4.09. The molecule has 1 nitrogen and oxygen atoms in total. The Hall–Kier alpha value is -0.0100. The van der Waals surface area contributed by atoms with E-state index in [4.69, 9.17) is 11.6 Å². The molecule has 3 heterocycles. The van der Waals surface area contributed by atoms with Crippen LogP contribution >= 0.6 is 11.6 Å². The van der Waals surface area contributed by atoms with Gasteiger partial charge in [0.25, 0.3) is 0 Å². The molecule has 0 aromatic carbocycles. The zero-order chi connectivity index (χ0) is 9.31. The molecule has 74 valence electrons. The average molecular weight is 200 g/mol. The molecule has 3 rings (SSSR count). The molecule has 0 amide bonds. The van der Waals surface area contributed by atoms with Crippen molar-refractivity contribution in [2.24, 2.45) is 5.41 Å². The maximum absolute atomic E-state index is 5.73. The minimum atomic E-state index is 0.615. The quantitative estimate of drug-likeness (QED) is 0.661. The molecule has 0 unspecified atom stereocenters. The van der Waals surface area contributed by atoms with Gasteiger partial charge >= 0.3 is 0 Å². The molecule has 3 aliphatic heterocycles. The van der Waals surface area contributed by atoms with Crippen molar-refractivity contribution in [3.05, 3.63) is 11.1 Å². The first-order valence-corrected chi connectivity index (χ1v) is 5.66. The van der Waals surface area contributed by atoms with Gasteiger partial charge in [0.2, 0.25) is 0 Å². The largest absolute Gasteiger partial charge is 0.303 e. The monoisotopic (exact) mass is 199 g/mol. The number of hydrogen-bond donors (Lipinski definition) is 0. The minimum Gasteiger partial charge on any atom is -0.303 e. The first kappa shape index (κ1) is 9.54. The van der Waals surface area contributed by atoms with Crippen molar-refractivity contribution in [2.45, 2.75) is 32.6 Å². The molecule has 0 aliphatic carbocycles. The summed E-state index contributed by atoms with van der Waals surface area (Å²) in [6, 6.07) is 0. The Morgan fingerprint density at radius 3 is 2.31 bits per heavy atom. The van der Waals surface area contributed by atoms with Gasteiger partial charge in [0.05, 0.1) is 0 Å². The van der Waals surface area contributed by atoms with E-state index in [1.807, 2.05) is 0 Å². The summed E-state index contributed by atoms with van der Waals surface area (Å²) in [7, 11) is 0. The van der Waals surface area contributed by atoms with Crippen LogP contribution in [-0.4, -0.2) is 24.5 Å². The Bertz CT molecular complexity index is 200. The average Bonchev–Trinajstić information content (AvgIpc) is 2.20. The molecule has 0 radical (unpaired) electrons. The Labute approximate surface area is 85.8 Å². The molecule has 0 saturated carbocycles. The fraction of sp³-hybridized carbons (Fsp3) is 0.818. The van der Waals surface area contributed by atoms with Gasteiger partial charge in [-0.3, -0.25) is 0 Å². The minimum absolute atomic E-state index is 0.615. The molecular weight excluding hydrogens is 182 g/mol. The number of halogens is 1. The number of piperidine rings is 3. The van der Waals surface area contributed by atoms with Crippen molar-refractivity contribution < 1.29 is 0 Å². The van der Waals surface area contributed by atoms with E-state index < -0.39 is 0 Å².